The van der Waals surface area contributed by atoms with Crippen molar-refractivity contribution in [3.8, 4) is 0 Å². The molecular formula is C12H10Cl2N2O. The van der Waals surface area contributed by atoms with Gasteiger partial charge in [0.2, 0.25) is 0 Å². The Morgan fingerprint density at radius 2 is 1.65 bits per heavy atom. The predicted octanol–water partition coefficient (Wildman–Crippen LogP) is 3.78. The van der Waals surface area contributed by atoms with Crippen molar-refractivity contribution in [2.75, 3.05) is 5.06 Å². The maximum absolute atomic E-state index is 9.97. The van der Waals surface area contributed by atoms with Crippen LogP contribution in [0.2, 0.25) is 10.0 Å². The molecule has 0 aliphatic carbocycles. The molecule has 1 aromatic heterocycles. The number of hydrogen-bond acceptors (Lipinski definition) is 3. The van der Waals surface area contributed by atoms with Crippen LogP contribution >= 0.6 is 23.2 Å². The van der Waals surface area contributed by atoms with Gasteiger partial charge in [-0.1, -0.05) is 53.5 Å². The minimum Gasteiger partial charge on any atom is -0.288 e. The van der Waals surface area contributed by atoms with Crippen LogP contribution in [0.5, 0.6) is 0 Å². The molecule has 0 aliphatic rings. The molecular weight excluding hydrogens is 259 g/mol. The first kappa shape index (κ1) is 12.2. The molecule has 0 amide bonds. The van der Waals surface area contributed by atoms with Crippen LogP contribution in [-0.2, 0) is 6.54 Å². The number of hydroxylamine groups is 1. The molecule has 0 saturated heterocycles. The maximum atomic E-state index is 9.97. The number of benzene rings is 1. The Balaban J connectivity index is 2.23. The molecule has 0 unspecified atom stereocenters. The molecule has 5 heteroatoms. The summed E-state index contributed by atoms with van der Waals surface area (Å²) < 4.78 is 0. The average Bonchev–Trinajstić information content (AvgIpc) is 2.30. The molecule has 17 heavy (non-hydrogen) atoms. The third-order valence-electron chi connectivity index (χ3n) is 2.26. The average molecular weight is 269 g/mol. The number of rotatable bonds is 3. The van der Waals surface area contributed by atoms with Gasteiger partial charge in [-0.15, -0.1) is 0 Å². The van der Waals surface area contributed by atoms with Gasteiger partial charge >= 0.3 is 0 Å². The highest BCUT2D eigenvalue weighted by Crippen LogP contribution is 2.32. The number of pyridine rings is 1. The molecule has 0 bridgehead atoms. The van der Waals surface area contributed by atoms with Crippen molar-refractivity contribution in [3.05, 3.63) is 58.3 Å². The van der Waals surface area contributed by atoms with Gasteiger partial charge in [0.25, 0.3) is 0 Å². The standard InChI is InChI=1S/C12H10Cl2N2O/c13-10-6-15-7-11(14)12(10)16(17)8-9-4-2-1-3-5-9/h1-7,17H,8H2. The molecule has 3 nitrogen and oxygen atoms in total. The van der Waals surface area contributed by atoms with Crippen molar-refractivity contribution in [1.29, 1.82) is 0 Å². The molecule has 0 atom stereocenters. The van der Waals surface area contributed by atoms with Gasteiger partial charge in [-0.25, -0.2) is 5.06 Å². The van der Waals surface area contributed by atoms with E-state index in [1.54, 1.807) is 0 Å². The highest BCUT2D eigenvalue weighted by molar-refractivity contribution is 6.38. The van der Waals surface area contributed by atoms with E-state index in [2.05, 4.69) is 4.98 Å². The molecule has 1 aromatic carbocycles. The molecule has 0 spiro atoms. The van der Waals surface area contributed by atoms with Gasteiger partial charge in [0.05, 0.1) is 16.6 Å². The molecule has 0 saturated carbocycles. The maximum Gasteiger partial charge on any atom is 0.104 e. The van der Waals surface area contributed by atoms with Crippen molar-refractivity contribution < 1.29 is 5.21 Å². The molecule has 1 N–H and O–H groups in total. The van der Waals surface area contributed by atoms with E-state index in [1.165, 1.54) is 12.4 Å². The summed E-state index contributed by atoms with van der Waals surface area (Å²) in [5, 5.41) is 11.6. The Kier molecular flexibility index (Phi) is 3.84. The van der Waals surface area contributed by atoms with Crippen LogP contribution in [-0.4, -0.2) is 10.2 Å². The van der Waals surface area contributed by atoms with E-state index in [0.29, 0.717) is 22.3 Å². The minimum absolute atomic E-state index is 0.310. The lowest BCUT2D eigenvalue weighted by molar-refractivity contribution is 0.250. The largest absolute Gasteiger partial charge is 0.288 e. The van der Waals surface area contributed by atoms with Gasteiger partial charge in [0.15, 0.2) is 0 Å². The van der Waals surface area contributed by atoms with Crippen molar-refractivity contribution in [2.45, 2.75) is 6.54 Å². The van der Waals surface area contributed by atoms with Crippen molar-refractivity contribution >= 4 is 28.9 Å². The highest BCUT2D eigenvalue weighted by Gasteiger charge is 2.13. The Morgan fingerprint density at radius 3 is 2.24 bits per heavy atom. The van der Waals surface area contributed by atoms with E-state index >= 15 is 0 Å². The minimum atomic E-state index is 0.310. The van der Waals surface area contributed by atoms with Crippen LogP contribution in [0.25, 0.3) is 0 Å². The lowest BCUT2D eigenvalue weighted by Crippen LogP contribution is -2.18. The Morgan fingerprint density at radius 1 is 1.06 bits per heavy atom. The number of aromatic nitrogens is 1. The van der Waals surface area contributed by atoms with Gasteiger partial charge in [0, 0.05) is 12.4 Å². The van der Waals surface area contributed by atoms with Crippen LogP contribution in [0, 0.1) is 0 Å². The fourth-order valence-electron chi connectivity index (χ4n) is 1.49. The molecule has 2 aromatic rings. The SMILES string of the molecule is ON(Cc1ccccc1)c1c(Cl)cncc1Cl. The summed E-state index contributed by atoms with van der Waals surface area (Å²) in [6.45, 7) is 0.310. The molecule has 2 rings (SSSR count). The number of nitrogens with zero attached hydrogens (tertiary/aromatic N) is 2. The van der Waals surface area contributed by atoms with Crippen LogP contribution in [0.1, 0.15) is 5.56 Å². The zero-order chi connectivity index (χ0) is 12.3. The number of halogens is 2. The summed E-state index contributed by atoms with van der Waals surface area (Å²) in [6.07, 6.45) is 2.88. The van der Waals surface area contributed by atoms with Gasteiger partial charge in [-0.3, -0.25) is 10.2 Å². The van der Waals surface area contributed by atoms with Crippen molar-refractivity contribution in [3.63, 3.8) is 0 Å². The highest BCUT2D eigenvalue weighted by atomic mass is 35.5. The van der Waals surface area contributed by atoms with Gasteiger partial charge in [0.1, 0.15) is 5.69 Å². The van der Waals surface area contributed by atoms with Gasteiger partial charge < -0.3 is 0 Å². The van der Waals surface area contributed by atoms with Crippen LogP contribution < -0.4 is 5.06 Å². The molecule has 1 heterocycles. The van der Waals surface area contributed by atoms with E-state index in [9.17, 15) is 5.21 Å². The second kappa shape index (κ2) is 5.36. The first-order valence-corrected chi connectivity index (χ1v) is 5.73. The normalized spacial score (nSPS) is 10.3. The summed E-state index contributed by atoms with van der Waals surface area (Å²) in [5.74, 6) is 0. The lowest BCUT2D eigenvalue weighted by atomic mass is 10.2. The Bertz CT molecular complexity index is 485. The van der Waals surface area contributed by atoms with Crippen molar-refractivity contribution in [1.82, 2.24) is 4.98 Å². The quantitative estimate of drug-likeness (QED) is 0.861. The van der Waals surface area contributed by atoms with Crippen LogP contribution in [0.15, 0.2) is 42.7 Å². The fourth-order valence-corrected chi connectivity index (χ4v) is 2.05. The van der Waals surface area contributed by atoms with E-state index in [4.69, 9.17) is 23.2 Å². The molecule has 0 aliphatic heterocycles. The summed E-state index contributed by atoms with van der Waals surface area (Å²) in [7, 11) is 0. The Hall–Kier alpha value is -1.29. The number of hydrogen-bond donors (Lipinski definition) is 1. The monoisotopic (exact) mass is 268 g/mol. The second-order valence-electron chi connectivity index (χ2n) is 3.49. The van der Waals surface area contributed by atoms with Crippen LogP contribution in [0.3, 0.4) is 0 Å². The Labute approximate surface area is 109 Å². The topological polar surface area (TPSA) is 36.4 Å². The first-order chi connectivity index (χ1) is 8.18. The summed E-state index contributed by atoms with van der Waals surface area (Å²) in [5.41, 5.74) is 1.33. The van der Waals surface area contributed by atoms with E-state index < -0.39 is 0 Å². The molecule has 88 valence electrons. The zero-order valence-corrected chi connectivity index (χ0v) is 10.4. The smallest absolute Gasteiger partial charge is 0.104 e. The van der Waals surface area contributed by atoms with E-state index in [0.717, 1.165) is 10.6 Å². The first-order valence-electron chi connectivity index (χ1n) is 4.98. The van der Waals surface area contributed by atoms with Gasteiger partial charge in [-0.2, -0.15) is 0 Å². The fraction of sp³-hybridized carbons (Fsp3) is 0.0833. The van der Waals surface area contributed by atoms with E-state index in [-0.39, 0.29) is 0 Å². The second-order valence-corrected chi connectivity index (χ2v) is 4.31. The molecule has 0 radical (unpaired) electrons. The third-order valence-corrected chi connectivity index (χ3v) is 2.81. The third kappa shape index (κ3) is 2.88. The summed E-state index contributed by atoms with van der Waals surface area (Å²) in [4.78, 5) is 3.83. The van der Waals surface area contributed by atoms with Crippen LogP contribution in [0.4, 0.5) is 5.69 Å². The lowest BCUT2D eigenvalue weighted by Gasteiger charge is -2.19. The predicted molar refractivity (Wildman–Crippen MR) is 68.7 cm³/mol. The van der Waals surface area contributed by atoms with Crippen molar-refractivity contribution in [2.24, 2.45) is 0 Å². The van der Waals surface area contributed by atoms with Gasteiger partial charge in [-0.05, 0) is 5.56 Å². The number of anilines is 1. The molecule has 0 fully saturated rings. The van der Waals surface area contributed by atoms with E-state index in [1.807, 2.05) is 30.3 Å². The summed E-state index contributed by atoms with van der Waals surface area (Å²) >= 11 is 11.9. The zero-order valence-electron chi connectivity index (χ0n) is 8.85. The summed E-state index contributed by atoms with van der Waals surface area (Å²) in [6, 6.07) is 9.54.